The summed E-state index contributed by atoms with van der Waals surface area (Å²) in [6.45, 7) is 6.45. The van der Waals surface area contributed by atoms with Crippen LogP contribution in [0, 0.1) is 0 Å². The van der Waals surface area contributed by atoms with Crippen molar-refractivity contribution in [2.45, 2.75) is 45.1 Å². The summed E-state index contributed by atoms with van der Waals surface area (Å²) in [5.41, 5.74) is -0.546. The van der Waals surface area contributed by atoms with E-state index in [9.17, 15) is 5.11 Å². The van der Waals surface area contributed by atoms with Crippen LogP contribution >= 0.6 is 0 Å². The Bertz CT molecular complexity index is 126. The molecule has 0 spiro atoms. The summed E-state index contributed by atoms with van der Waals surface area (Å²) in [4.78, 5) is 0. The largest absolute Gasteiger partial charge is 0.389 e. The predicted octanol–water partition coefficient (Wildman–Crippen LogP) is 1.55. The summed E-state index contributed by atoms with van der Waals surface area (Å²) in [6, 6.07) is 0. The minimum atomic E-state index is -0.546. The molecule has 14 heavy (non-hydrogen) atoms. The lowest BCUT2D eigenvalue weighted by molar-refractivity contribution is 0.0500. The first-order valence-corrected chi connectivity index (χ1v) is 5.54. The quantitative estimate of drug-likeness (QED) is 0.559. The Morgan fingerprint density at radius 2 is 2.07 bits per heavy atom. The van der Waals surface area contributed by atoms with Gasteiger partial charge in [0.15, 0.2) is 0 Å². The zero-order chi connectivity index (χ0) is 10.9. The third-order valence-electron chi connectivity index (χ3n) is 2.25. The van der Waals surface area contributed by atoms with Crippen LogP contribution in [0.5, 0.6) is 0 Å². The van der Waals surface area contributed by atoms with Crippen LogP contribution < -0.4 is 5.32 Å². The van der Waals surface area contributed by atoms with Gasteiger partial charge < -0.3 is 15.2 Å². The van der Waals surface area contributed by atoms with Gasteiger partial charge in [0.25, 0.3) is 0 Å². The molecule has 2 N–H and O–H groups in total. The molecule has 0 radical (unpaired) electrons. The van der Waals surface area contributed by atoms with Crippen molar-refractivity contribution >= 4 is 0 Å². The third-order valence-corrected chi connectivity index (χ3v) is 2.25. The average molecular weight is 203 g/mol. The Labute approximate surface area is 87.8 Å². The molecule has 1 unspecified atom stereocenters. The first-order chi connectivity index (χ1) is 6.62. The summed E-state index contributed by atoms with van der Waals surface area (Å²) in [5, 5.41) is 13.1. The van der Waals surface area contributed by atoms with Crippen LogP contribution in [0.4, 0.5) is 0 Å². The van der Waals surface area contributed by atoms with E-state index in [0.717, 1.165) is 38.8 Å². The Morgan fingerprint density at radius 3 is 2.64 bits per heavy atom. The third kappa shape index (κ3) is 8.48. The first kappa shape index (κ1) is 13.9. The Morgan fingerprint density at radius 1 is 1.36 bits per heavy atom. The molecule has 0 saturated carbocycles. The fraction of sp³-hybridized carbons (Fsp3) is 1.00. The van der Waals surface area contributed by atoms with Gasteiger partial charge in [-0.3, -0.25) is 0 Å². The molecule has 0 amide bonds. The molecular weight excluding hydrogens is 178 g/mol. The predicted molar refractivity (Wildman–Crippen MR) is 59.5 cm³/mol. The van der Waals surface area contributed by atoms with Gasteiger partial charge in [-0.05, 0) is 32.7 Å². The lowest BCUT2D eigenvalue weighted by Gasteiger charge is -2.22. The number of methoxy groups -OCH3 is 1. The second-order valence-corrected chi connectivity index (χ2v) is 4.12. The maximum absolute atomic E-state index is 9.83. The van der Waals surface area contributed by atoms with Crippen LogP contribution in [0.3, 0.4) is 0 Å². The summed E-state index contributed by atoms with van der Waals surface area (Å²) < 4.78 is 4.95. The van der Waals surface area contributed by atoms with Gasteiger partial charge in [0.2, 0.25) is 0 Å². The van der Waals surface area contributed by atoms with Crippen molar-refractivity contribution in [2.75, 3.05) is 26.8 Å². The number of hydrogen-bond acceptors (Lipinski definition) is 3. The minimum Gasteiger partial charge on any atom is -0.389 e. The molecule has 3 nitrogen and oxygen atoms in total. The fourth-order valence-corrected chi connectivity index (χ4v) is 1.48. The first-order valence-electron chi connectivity index (χ1n) is 5.54. The second-order valence-electron chi connectivity index (χ2n) is 4.12. The van der Waals surface area contributed by atoms with E-state index in [0.29, 0.717) is 6.54 Å². The van der Waals surface area contributed by atoms with Crippen molar-refractivity contribution in [3.8, 4) is 0 Å². The highest BCUT2D eigenvalue weighted by molar-refractivity contribution is 4.74. The smallest absolute Gasteiger partial charge is 0.0743 e. The number of nitrogens with one attached hydrogen (secondary N) is 1. The summed E-state index contributed by atoms with van der Waals surface area (Å²) in [5.74, 6) is 0. The second kappa shape index (κ2) is 8.21. The van der Waals surface area contributed by atoms with E-state index in [4.69, 9.17) is 4.74 Å². The number of aliphatic hydroxyl groups is 1. The standard InChI is InChI=1S/C11H25NO2/c1-4-7-11(2,13)10-12-8-5-6-9-14-3/h12-13H,4-10H2,1-3H3. The maximum atomic E-state index is 9.83. The molecule has 3 heteroatoms. The Hall–Kier alpha value is -0.120. The minimum absolute atomic E-state index is 0.546. The zero-order valence-corrected chi connectivity index (χ0v) is 9.81. The van der Waals surface area contributed by atoms with E-state index >= 15 is 0 Å². The number of hydrogen-bond donors (Lipinski definition) is 2. The topological polar surface area (TPSA) is 41.5 Å². The molecule has 0 aliphatic rings. The van der Waals surface area contributed by atoms with Gasteiger partial charge in [-0.2, -0.15) is 0 Å². The Kier molecular flexibility index (Phi) is 8.14. The molecule has 0 aromatic rings. The van der Waals surface area contributed by atoms with Gasteiger partial charge in [-0.1, -0.05) is 13.3 Å². The van der Waals surface area contributed by atoms with E-state index in [2.05, 4.69) is 12.2 Å². The summed E-state index contributed by atoms with van der Waals surface area (Å²) in [6.07, 6.45) is 4.08. The SMILES string of the molecule is CCCC(C)(O)CNCCCCOC. The normalized spacial score (nSPS) is 15.4. The maximum Gasteiger partial charge on any atom is 0.0743 e. The van der Waals surface area contributed by atoms with Gasteiger partial charge >= 0.3 is 0 Å². The van der Waals surface area contributed by atoms with Gasteiger partial charge in [0, 0.05) is 20.3 Å². The molecule has 0 bridgehead atoms. The van der Waals surface area contributed by atoms with Crippen LogP contribution in [0.2, 0.25) is 0 Å². The molecule has 0 aliphatic carbocycles. The fourth-order valence-electron chi connectivity index (χ4n) is 1.48. The van der Waals surface area contributed by atoms with Crippen LogP contribution in [-0.4, -0.2) is 37.5 Å². The molecule has 1 atom stereocenters. The summed E-state index contributed by atoms with van der Waals surface area (Å²) >= 11 is 0. The summed E-state index contributed by atoms with van der Waals surface area (Å²) in [7, 11) is 1.72. The lowest BCUT2D eigenvalue weighted by atomic mass is 10.0. The molecule has 0 aromatic heterocycles. The van der Waals surface area contributed by atoms with Crippen molar-refractivity contribution in [1.29, 1.82) is 0 Å². The Balaban J connectivity index is 3.26. The van der Waals surface area contributed by atoms with Crippen LogP contribution in [0.15, 0.2) is 0 Å². The monoisotopic (exact) mass is 203 g/mol. The molecule has 0 aliphatic heterocycles. The highest BCUT2D eigenvalue weighted by Gasteiger charge is 2.17. The van der Waals surface area contributed by atoms with Gasteiger partial charge in [-0.15, -0.1) is 0 Å². The number of unbranched alkanes of at least 4 members (excludes halogenated alkanes) is 1. The molecule has 0 saturated heterocycles. The lowest BCUT2D eigenvalue weighted by Crippen LogP contribution is -2.38. The molecule has 0 aromatic carbocycles. The van der Waals surface area contributed by atoms with Crippen molar-refractivity contribution in [2.24, 2.45) is 0 Å². The molecule has 0 fully saturated rings. The van der Waals surface area contributed by atoms with Crippen molar-refractivity contribution < 1.29 is 9.84 Å². The van der Waals surface area contributed by atoms with Crippen molar-refractivity contribution in [3.63, 3.8) is 0 Å². The van der Waals surface area contributed by atoms with E-state index in [-0.39, 0.29) is 0 Å². The van der Waals surface area contributed by atoms with Crippen LogP contribution in [0.25, 0.3) is 0 Å². The van der Waals surface area contributed by atoms with Crippen LogP contribution in [-0.2, 0) is 4.74 Å². The molecule has 0 rings (SSSR count). The molecule has 86 valence electrons. The molecule has 0 heterocycles. The van der Waals surface area contributed by atoms with Crippen molar-refractivity contribution in [3.05, 3.63) is 0 Å². The van der Waals surface area contributed by atoms with E-state index in [1.807, 2.05) is 6.92 Å². The van der Waals surface area contributed by atoms with Gasteiger partial charge in [0.05, 0.1) is 5.60 Å². The molecular formula is C11H25NO2. The average Bonchev–Trinajstić information content (AvgIpc) is 2.11. The van der Waals surface area contributed by atoms with E-state index < -0.39 is 5.60 Å². The van der Waals surface area contributed by atoms with E-state index in [1.165, 1.54) is 0 Å². The van der Waals surface area contributed by atoms with Crippen LogP contribution in [0.1, 0.15) is 39.5 Å². The van der Waals surface area contributed by atoms with Gasteiger partial charge in [0.1, 0.15) is 0 Å². The zero-order valence-electron chi connectivity index (χ0n) is 9.81. The highest BCUT2D eigenvalue weighted by Crippen LogP contribution is 2.09. The van der Waals surface area contributed by atoms with Gasteiger partial charge in [-0.25, -0.2) is 0 Å². The number of rotatable bonds is 9. The highest BCUT2D eigenvalue weighted by atomic mass is 16.5. The number of ether oxygens (including phenoxy) is 1. The van der Waals surface area contributed by atoms with E-state index in [1.54, 1.807) is 7.11 Å². The van der Waals surface area contributed by atoms with Crippen molar-refractivity contribution in [1.82, 2.24) is 5.32 Å².